The van der Waals surface area contributed by atoms with E-state index in [1.807, 2.05) is 61.5 Å². The van der Waals surface area contributed by atoms with Gasteiger partial charge in [-0.2, -0.15) is 0 Å². The van der Waals surface area contributed by atoms with Crippen LogP contribution in [0.5, 0.6) is 0 Å². The molecule has 5 nitrogen and oxygen atoms in total. The predicted molar refractivity (Wildman–Crippen MR) is 113 cm³/mol. The zero-order valence-corrected chi connectivity index (χ0v) is 16.8. The molecule has 0 saturated carbocycles. The van der Waals surface area contributed by atoms with Crippen molar-refractivity contribution in [1.82, 2.24) is 14.9 Å². The van der Waals surface area contributed by atoms with E-state index in [9.17, 15) is 9.59 Å². The second kappa shape index (κ2) is 9.37. The highest BCUT2D eigenvalue weighted by Crippen LogP contribution is 2.17. The lowest BCUT2D eigenvalue weighted by molar-refractivity contribution is 0.0953. The van der Waals surface area contributed by atoms with Gasteiger partial charge in [0.1, 0.15) is 5.56 Å². The summed E-state index contributed by atoms with van der Waals surface area (Å²) in [7, 11) is 0. The maximum absolute atomic E-state index is 13.0. The highest BCUT2D eigenvalue weighted by molar-refractivity contribution is 7.99. The third-order valence-corrected chi connectivity index (χ3v) is 5.47. The molecule has 6 heteroatoms. The number of hydrogen-bond acceptors (Lipinski definition) is 4. The van der Waals surface area contributed by atoms with Crippen molar-refractivity contribution in [2.75, 3.05) is 12.3 Å². The molecule has 2 heterocycles. The number of carbonyl (C=O) groups excluding carboxylic acids is 1. The van der Waals surface area contributed by atoms with E-state index in [2.05, 4.69) is 10.3 Å². The van der Waals surface area contributed by atoms with Gasteiger partial charge in [0.05, 0.1) is 11.1 Å². The van der Waals surface area contributed by atoms with Crippen LogP contribution < -0.4 is 10.9 Å². The molecule has 0 fully saturated rings. The van der Waals surface area contributed by atoms with Crippen LogP contribution in [0.25, 0.3) is 0 Å². The average molecular weight is 394 g/mol. The van der Waals surface area contributed by atoms with Crippen LogP contribution in [0.2, 0.25) is 0 Å². The highest BCUT2D eigenvalue weighted by Gasteiger charge is 2.18. The largest absolute Gasteiger partial charge is 0.351 e. The fraction of sp³-hybridized carbons (Fsp3) is 0.227. The van der Waals surface area contributed by atoms with Gasteiger partial charge in [0, 0.05) is 24.7 Å². The molecule has 0 spiro atoms. The first-order chi connectivity index (χ1) is 13.6. The maximum Gasteiger partial charge on any atom is 0.264 e. The summed E-state index contributed by atoms with van der Waals surface area (Å²) >= 11 is 1.56. The summed E-state index contributed by atoms with van der Waals surface area (Å²) in [5.41, 5.74) is 1.63. The number of aromatic nitrogens is 2. The van der Waals surface area contributed by atoms with E-state index < -0.39 is 0 Å². The molecule has 144 valence electrons. The monoisotopic (exact) mass is 393 g/mol. The van der Waals surface area contributed by atoms with Gasteiger partial charge >= 0.3 is 0 Å². The third-order valence-electron chi connectivity index (χ3n) is 4.53. The van der Waals surface area contributed by atoms with Gasteiger partial charge in [-0.25, -0.2) is 4.98 Å². The Morgan fingerprint density at radius 3 is 2.61 bits per heavy atom. The van der Waals surface area contributed by atoms with E-state index in [1.165, 1.54) is 0 Å². The molecule has 3 rings (SSSR count). The van der Waals surface area contributed by atoms with Crippen LogP contribution in [-0.2, 0) is 0 Å². The zero-order valence-electron chi connectivity index (χ0n) is 16.0. The lowest BCUT2D eigenvalue weighted by Crippen LogP contribution is -2.36. The van der Waals surface area contributed by atoms with Crippen molar-refractivity contribution < 1.29 is 4.79 Å². The summed E-state index contributed by atoms with van der Waals surface area (Å²) in [4.78, 5) is 29.9. The Balaban J connectivity index is 1.70. The van der Waals surface area contributed by atoms with E-state index in [0.717, 1.165) is 10.6 Å². The minimum Gasteiger partial charge on any atom is -0.351 e. The number of nitrogens with one attached hydrogen (secondary N) is 1. The number of thioether (sulfide) groups is 1. The first-order valence-electron chi connectivity index (χ1n) is 9.16. The van der Waals surface area contributed by atoms with Crippen molar-refractivity contribution in [1.29, 1.82) is 0 Å². The molecule has 0 aliphatic carbocycles. The lowest BCUT2D eigenvalue weighted by Gasteiger charge is -2.17. The Labute approximate surface area is 168 Å². The summed E-state index contributed by atoms with van der Waals surface area (Å²) in [6, 6.07) is 17.2. The predicted octanol–water partition coefficient (Wildman–Crippen LogP) is 3.68. The molecule has 0 aliphatic rings. The SMILES string of the molecule is Cc1ccn(C(C)c2ccccc2)c(=O)c1C(=O)NCCSc1ccccn1. The van der Waals surface area contributed by atoms with Gasteiger partial charge in [0.15, 0.2) is 0 Å². The van der Waals surface area contributed by atoms with Crippen LogP contribution in [0.1, 0.15) is 34.5 Å². The van der Waals surface area contributed by atoms with Crippen LogP contribution in [0.15, 0.2) is 76.8 Å². The fourth-order valence-corrected chi connectivity index (χ4v) is 3.68. The van der Waals surface area contributed by atoms with Crippen molar-refractivity contribution in [2.24, 2.45) is 0 Å². The number of aryl methyl sites for hydroxylation is 1. The highest BCUT2D eigenvalue weighted by atomic mass is 32.2. The second-order valence-corrected chi connectivity index (χ2v) is 7.56. The first kappa shape index (κ1) is 19.9. The molecule has 0 saturated heterocycles. The van der Waals surface area contributed by atoms with Gasteiger partial charge in [-0.05, 0) is 43.2 Å². The van der Waals surface area contributed by atoms with E-state index in [1.54, 1.807) is 35.6 Å². The molecule has 0 bridgehead atoms. The normalized spacial score (nSPS) is 11.8. The van der Waals surface area contributed by atoms with Gasteiger partial charge in [-0.1, -0.05) is 36.4 Å². The summed E-state index contributed by atoms with van der Waals surface area (Å²) in [5, 5.41) is 3.76. The van der Waals surface area contributed by atoms with E-state index in [0.29, 0.717) is 17.9 Å². The van der Waals surface area contributed by atoms with Gasteiger partial charge in [0.2, 0.25) is 0 Å². The van der Waals surface area contributed by atoms with Crippen molar-refractivity contribution in [3.05, 3.63) is 94.0 Å². The Hall–Kier alpha value is -2.86. The van der Waals surface area contributed by atoms with Gasteiger partial charge in [0.25, 0.3) is 11.5 Å². The van der Waals surface area contributed by atoms with E-state index in [-0.39, 0.29) is 23.1 Å². The summed E-state index contributed by atoms with van der Waals surface area (Å²) < 4.78 is 1.61. The maximum atomic E-state index is 13.0. The Bertz CT molecular complexity index is 988. The van der Waals surface area contributed by atoms with Crippen molar-refractivity contribution in [3.63, 3.8) is 0 Å². The Morgan fingerprint density at radius 1 is 1.14 bits per heavy atom. The van der Waals surface area contributed by atoms with Gasteiger partial charge in [-0.3, -0.25) is 9.59 Å². The minimum absolute atomic E-state index is 0.152. The number of carbonyl (C=O) groups is 1. The molecule has 0 radical (unpaired) electrons. The summed E-state index contributed by atoms with van der Waals surface area (Å²) in [6.45, 7) is 4.20. The number of hydrogen-bond donors (Lipinski definition) is 1. The number of benzene rings is 1. The topological polar surface area (TPSA) is 64.0 Å². The smallest absolute Gasteiger partial charge is 0.264 e. The number of rotatable bonds is 7. The standard InChI is InChI=1S/C22H23N3O2S/c1-16-11-14-25(17(2)18-8-4-3-5-9-18)22(27)20(16)21(26)24-13-15-28-19-10-6-7-12-23-19/h3-12,14,17H,13,15H2,1-2H3,(H,24,26). The molecule has 1 aromatic carbocycles. The van der Waals surface area contributed by atoms with Crippen LogP contribution in [0.4, 0.5) is 0 Å². The molecule has 1 atom stereocenters. The molecule has 28 heavy (non-hydrogen) atoms. The van der Waals surface area contributed by atoms with Gasteiger partial charge in [-0.15, -0.1) is 11.8 Å². The number of pyridine rings is 2. The first-order valence-corrected chi connectivity index (χ1v) is 10.1. The molecule has 1 amide bonds. The summed E-state index contributed by atoms with van der Waals surface area (Å²) in [5.74, 6) is 0.349. The van der Waals surface area contributed by atoms with Crippen LogP contribution in [-0.4, -0.2) is 27.8 Å². The molecular formula is C22H23N3O2S. The minimum atomic E-state index is -0.335. The number of amides is 1. The fourth-order valence-electron chi connectivity index (χ4n) is 2.96. The lowest BCUT2D eigenvalue weighted by atomic mass is 10.1. The zero-order chi connectivity index (χ0) is 19.9. The van der Waals surface area contributed by atoms with Crippen LogP contribution in [0, 0.1) is 6.92 Å². The molecule has 3 aromatic rings. The Morgan fingerprint density at radius 2 is 1.89 bits per heavy atom. The molecular weight excluding hydrogens is 370 g/mol. The average Bonchev–Trinajstić information content (AvgIpc) is 2.72. The molecule has 1 N–H and O–H groups in total. The van der Waals surface area contributed by atoms with E-state index in [4.69, 9.17) is 0 Å². The third kappa shape index (κ3) is 4.70. The van der Waals surface area contributed by atoms with Crippen molar-refractivity contribution in [3.8, 4) is 0 Å². The molecule has 1 unspecified atom stereocenters. The van der Waals surface area contributed by atoms with Crippen LogP contribution >= 0.6 is 11.8 Å². The summed E-state index contributed by atoms with van der Waals surface area (Å²) in [6.07, 6.45) is 3.49. The second-order valence-electron chi connectivity index (χ2n) is 6.45. The molecule has 0 aliphatic heterocycles. The van der Waals surface area contributed by atoms with E-state index >= 15 is 0 Å². The Kier molecular flexibility index (Phi) is 6.66. The molecule has 2 aromatic heterocycles. The van der Waals surface area contributed by atoms with Crippen molar-refractivity contribution >= 4 is 17.7 Å². The number of nitrogens with zero attached hydrogens (tertiary/aromatic N) is 2. The van der Waals surface area contributed by atoms with Crippen molar-refractivity contribution in [2.45, 2.75) is 24.9 Å². The quantitative estimate of drug-likeness (QED) is 0.491. The van der Waals surface area contributed by atoms with Gasteiger partial charge < -0.3 is 9.88 Å². The van der Waals surface area contributed by atoms with Crippen LogP contribution in [0.3, 0.4) is 0 Å².